The van der Waals surface area contributed by atoms with Gasteiger partial charge < -0.3 is 10.6 Å². The van der Waals surface area contributed by atoms with E-state index in [-0.39, 0.29) is 5.91 Å². The number of carbonyl (C=O) groups excluding carboxylic acids is 1. The predicted molar refractivity (Wildman–Crippen MR) is 111 cm³/mol. The Morgan fingerprint density at radius 3 is 2.42 bits per heavy atom. The monoisotopic (exact) mass is 364 g/mol. The Hall–Kier alpha value is -1.29. The number of nitrogens with zero attached hydrogens (tertiary/aromatic N) is 1. The van der Waals surface area contributed by atoms with Crippen LogP contribution in [0.15, 0.2) is 24.6 Å². The fourth-order valence-corrected chi connectivity index (χ4v) is 3.82. The van der Waals surface area contributed by atoms with Crippen molar-refractivity contribution in [1.29, 1.82) is 0 Å². The third-order valence-corrected chi connectivity index (χ3v) is 5.52. The normalized spacial score (nSPS) is 22.0. The van der Waals surface area contributed by atoms with Crippen LogP contribution in [0.3, 0.4) is 0 Å². The number of likely N-dealkylation sites (N-methyl/N-ethyl adjacent to an activating group) is 1. The number of carbonyl (C=O) groups is 1. The standard InChI is InChI=1S/C22H41N3O/c1-4-6-7-8-9-10-11-12-13-14-15-16-22-24-18-20-25(22,5-2)19-17-23-21(3)26/h6-7,18,20,22,24H,4-5,8-17,19H2,1-3H3/p+1/b7-6+. The summed E-state index contributed by atoms with van der Waals surface area (Å²) in [5, 5.41) is 6.49. The van der Waals surface area contributed by atoms with E-state index in [1.165, 1.54) is 57.8 Å². The van der Waals surface area contributed by atoms with Crippen LogP contribution >= 0.6 is 0 Å². The van der Waals surface area contributed by atoms with Gasteiger partial charge in [0.25, 0.3) is 0 Å². The highest BCUT2D eigenvalue weighted by Crippen LogP contribution is 2.22. The molecule has 0 spiro atoms. The van der Waals surface area contributed by atoms with E-state index in [0.717, 1.165) is 30.5 Å². The summed E-state index contributed by atoms with van der Waals surface area (Å²) in [4.78, 5) is 11.1. The Morgan fingerprint density at radius 1 is 1.08 bits per heavy atom. The SMILES string of the molecule is CC/C=C/CCCCCCCCCC1NC=C[N+]1(CC)CCNC(C)=O. The van der Waals surface area contributed by atoms with Gasteiger partial charge in [-0.2, -0.15) is 0 Å². The fourth-order valence-electron chi connectivity index (χ4n) is 3.82. The Labute approximate surface area is 161 Å². The molecule has 1 aliphatic heterocycles. The molecule has 0 aromatic rings. The molecule has 1 rings (SSSR count). The van der Waals surface area contributed by atoms with Gasteiger partial charge in [0.2, 0.25) is 5.91 Å². The second kappa shape index (κ2) is 13.9. The second-order valence-electron chi connectivity index (χ2n) is 7.56. The molecule has 1 heterocycles. The van der Waals surface area contributed by atoms with Crippen molar-refractivity contribution in [2.24, 2.45) is 0 Å². The van der Waals surface area contributed by atoms with E-state index in [0.29, 0.717) is 6.17 Å². The second-order valence-corrected chi connectivity index (χ2v) is 7.56. The molecule has 4 nitrogen and oxygen atoms in total. The minimum atomic E-state index is 0.0633. The van der Waals surface area contributed by atoms with E-state index in [1.54, 1.807) is 6.92 Å². The topological polar surface area (TPSA) is 41.1 Å². The first-order chi connectivity index (χ1) is 12.6. The van der Waals surface area contributed by atoms with Crippen LogP contribution < -0.4 is 10.6 Å². The lowest BCUT2D eigenvalue weighted by Crippen LogP contribution is -2.55. The molecule has 0 bridgehead atoms. The van der Waals surface area contributed by atoms with E-state index in [9.17, 15) is 4.79 Å². The van der Waals surface area contributed by atoms with Crippen LogP contribution in [0.5, 0.6) is 0 Å². The Kier molecular flexibility index (Phi) is 12.1. The highest BCUT2D eigenvalue weighted by molar-refractivity contribution is 5.72. The van der Waals surface area contributed by atoms with Crippen LogP contribution in [0.1, 0.15) is 85.0 Å². The van der Waals surface area contributed by atoms with Gasteiger partial charge in [-0.05, 0) is 32.6 Å². The number of amides is 1. The summed E-state index contributed by atoms with van der Waals surface area (Å²) in [6.45, 7) is 8.82. The molecular formula is C22H42N3O+. The van der Waals surface area contributed by atoms with Crippen LogP contribution in [0.25, 0.3) is 0 Å². The first kappa shape index (κ1) is 22.8. The van der Waals surface area contributed by atoms with Crippen LogP contribution in [0.4, 0.5) is 0 Å². The number of rotatable bonds is 15. The van der Waals surface area contributed by atoms with Gasteiger partial charge in [-0.3, -0.25) is 9.28 Å². The maximum atomic E-state index is 11.1. The first-order valence-corrected chi connectivity index (χ1v) is 10.8. The molecule has 0 saturated heterocycles. The van der Waals surface area contributed by atoms with E-state index < -0.39 is 0 Å². The number of quaternary nitrogens is 1. The molecule has 0 aromatic heterocycles. The highest BCUT2D eigenvalue weighted by atomic mass is 16.1. The molecule has 0 saturated carbocycles. The lowest BCUT2D eigenvalue weighted by atomic mass is 10.1. The van der Waals surface area contributed by atoms with Gasteiger partial charge in [0.1, 0.15) is 12.7 Å². The number of nitrogens with one attached hydrogen (secondary N) is 2. The quantitative estimate of drug-likeness (QED) is 0.248. The largest absolute Gasteiger partial charge is 0.351 e. The molecule has 0 aliphatic carbocycles. The summed E-state index contributed by atoms with van der Waals surface area (Å²) < 4.78 is 0.950. The predicted octanol–water partition coefficient (Wildman–Crippen LogP) is 4.84. The zero-order chi connectivity index (χ0) is 19.1. The molecule has 0 aromatic carbocycles. The average Bonchev–Trinajstić information content (AvgIpc) is 3.02. The molecule has 2 atom stereocenters. The third kappa shape index (κ3) is 8.88. The van der Waals surface area contributed by atoms with E-state index in [1.807, 2.05) is 0 Å². The summed E-state index contributed by atoms with van der Waals surface area (Å²) in [6, 6.07) is 0. The fraction of sp³-hybridized carbons (Fsp3) is 0.773. The van der Waals surface area contributed by atoms with Crippen LogP contribution in [-0.4, -0.2) is 36.2 Å². The maximum Gasteiger partial charge on any atom is 0.217 e. The van der Waals surface area contributed by atoms with E-state index >= 15 is 0 Å². The van der Waals surface area contributed by atoms with Gasteiger partial charge in [-0.1, -0.05) is 51.2 Å². The molecule has 1 aliphatic rings. The first-order valence-electron chi connectivity index (χ1n) is 10.8. The van der Waals surface area contributed by atoms with Gasteiger partial charge >= 0.3 is 0 Å². The minimum absolute atomic E-state index is 0.0633. The van der Waals surface area contributed by atoms with Crippen molar-refractivity contribution < 1.29 is 9.28 Å². The van der Waals surface area contributed by atoms with Crippen molar-refractivity contribution in [3.63, 3.8) is 0 Å². The van der Waals surface area contributed by atoms with E-state index in [2.05, 4.69) is 49.0 Å². The highest BCUT2D eigenvalue weighted by Gasteiger charge is 2.36. The van der Waals surface area contributed by atoms with Crippen molar-refractivity contribution in [3.8, 4) is 0 Å². The zero-order valence-corrected chi connectivity index (χ0v) is 17.4. The molecule has 150 valence electrons. The van der Waals surface area contributed by atoms with Gasteiger partial charge in [0.15, 0.2) is 6.17 Å². The van der Waals surface area contributed by atoms with Crippen molar-refractivity contribution in [3.05, 3.63) is 24.6 Å². The van der Waals surface area contributed by atoms with Crippen LogP contribution in [-0.2, 0) is 4.79 Å². The third-order valence-electron chi connectivity index (χ3n) is 5.52. The van der Waals surface area contributed by atoms with Crippen molar-refractivity contribution in [2.45, 2.75) is 91.1 Å². The number of allylic oxidation sites excluding steroid dienone is 2. The zero-order valence-electron chi connectivity index (χ0n) is 17.4. The number of hydrogen-bond acceptors (Lipinski definition) is 2. The summed E-state index contributed by atoms with van der Waals surface area (Å²) in [6.07, 6.45) is 22.6. The number of unbranched alkanes of at least 4 members (excludes halogenated alkanes) is 7. The summed E-state index contributed by atoms with van der Waals surface area (Å²) >= 11 is 0. The Morgan fingerprint density at radius 2 is 1.77 bits per heavy atom. The van der Waals surface area contributed by atoms with E-state index in [4.69, 9.17) is 0 Å². The molecule has 0 fully saturated rings. The molecule has 2 N–H and O–H groups in total. The Bertz CT molecular complexity index is 433. The average molecular weight is 365 g/mol. The van der Waals surface area contributed by atoms with Gasteiger partial charge in [-0.25, -0.2) is 0 Å². The number of hydrogen-bond donors (Lipinski definition) is 2. The summed E-state index contributed by atoms with van der Waals surface area (Å²) in [5.41, 5.74) is 0. The Balaban J connectivity index is 2.11. The molecule has 26 heavy (non-hydrogen) atoms. The lowest BCUT2D eigenvalue weighted by Gasteiger charge is -2.37. The van der Waals surface area contributed by atoms with Crippen LogP contribution in [0.2, 0.25) is 0 Å². The minimum Gasteiger partial charge on any atom is -0.351 e. The van der Waals surface area contributed by atoms with Gasteiger partial charge in [0, 0.05) is 13.3 Å². The van der Waals surface area contributed by atoms with Crippen molar-refractivity contribution in [2.75, 3.05) is 19.6 Å². The van der Waals surface area contributed by atoms with Crippen LogP contribution in [0, 0.1) is 0 Å². The smallest absolute Gasteiger partial charge is 0.217 e. The van der Waals surface area contributed by atoms with Crippen molar-refractivity contribution in [1.82, 2.24) is 10.6 Å². The summed E-state index contributed by atoms with van der Waals surface area (Å²) in [7, 11) is 0. The molecular weight excluding hydrogens is 322 g/mol. The summed E-state index contributed by atoms with van der Waals surface area (Å²) in [5.74, 6) is 0.0633. The molecule has 0 radical (unpaired) electrons. The maximum absolute atomic E-state index is 11.1. The van der Waals surface area contributed by atoms with Crippen molar-refractivity contribution >= 4 is 5.91 Å². The lowest BCUT2D eigenvalue weighted by molar-refractivity contribution is -0.898. The molecule has 2 unspecified atom stereocenters. The van der Waals surface area contributed by atoms with Gasteiger partial charge in [-0.15, -0.1) is 0 Å². The molecule has 4 heteroatoms. The molecule has 1 amide bonds. The van der Waals surface area contributed by atoms with Gasteiger partial charge in [0.05, 0.1) is 19.3 Å².